The highest BCUT2D eigenvalue weighted by Crippen LogP contribution is 2.22. The van der Waals surface area contributed by atoms with Crippen molar-refractivity contribution in [2.24, 2.45) is 5.41 Å². The summed E-state index contributed by atoms with van der Waals surface area (Å²) in [6.45, 7) is 14.3. The molecule has 1 atom stereocenters. The van der Waals surface area contributed by atoms with Gasteiger partial charge in [0, 0.05) is 19.1 Å². The first-order chi connectivity index (χ1) is 7.07. The van der Waals surface area contributed by atoms with E-state index in [1.165, 1.54) is 45.4 Å². The standard InChI is InChI=1S/C13H28N2/c1-5-12-10-15(9-7-8-14-12)11-13(3,4)6-2/h12,14H,5-11H2,1-4H3. The minimum absolute atomic E-state index is 0.475. The summed E-state index contributed by atoms with van der Waals surface area (Å²) >= 11 is 0. The molecule has 15 heavy (non-hydrogen) atoms. The Morgan fingerprint density at radius 1 is 1.33 bits per heavy atom. The monoisotopic (exact) mass is 212 g/mol. The van der Waals surface area contributed by atoms with E-state index in [1.807, 2.05) is 0 Å². The van der Waals surface area contributed by atoms with Gasteiger partial charge < -0.3 is 10.2 Å². The molecule has 1 heterocycles. The summed E-state index contributed by atoms with van der Waals surface area (Å²) < 4.78 is 0. The first-order valence-corrected chi connectivity index (χ1v) is 6.53. The molecule has 90 valence electrons. The molecule has 0 spiro atoms. The van der Waals surface area contributed by atoms with Crippen molar-refractivity contribution in [3.63, 3.8) is 0 Å². The molecule has 0 aromatic carbocycles. The van der Waals surface area contributed by atoms with E-state index in [2.05, 4.69) is 37.9 Å². The lowest BCUT2D eigenvalue weighted by atomic mass is 9.89. The van der Waals surface area contributed by atoms with Crippen LogP contribution in [0.3, 0.4) is 0 Å². The smallest absolute Gasteiger partial charge is 0.0192 e. The zero-order valence-electron chi connectivity index (χ0n) is 11.0. The van der Waals surface area contributed by atoms with Crippen LogP contribution >= 0.6 is 0 Å². The van der Waals surface area contributed by atoms with Gasteiger partial charge in [-0.2, -0.15) is 0 Å². The van der Waals surface area contributed by atoms with E-state index in [4.69, 9.17) is 0 Å². The summed E-state index contributed by atoms with van der Waals surface area (Å²) in [5, 5.41) is 3.62. The fourth-order valence-electron chi connectivity index (χ4n) is 2.21. The van der Waals surface area contributed by atoms with Gasteiger partial charge in [0.25, 0.3) is 0 Å². The third-order valence-electron chi connectivity index (χ3n) is 3.66. The first kappa shape index (κ1) is 13.0. The van der Waals surface area contributed by atoms with Crippen molar-refractivity contribution >= 4 is 0 Å². The molecule has 1 N–H and O–H groups in total. The van der Waals surface area contributed by atoms with Gasteiger partial charge >= 0.3 is 0 Å². The molecular weight excluding hydrogens is 184 g/mol. The van der Waals surface area contributed by atoms with E-state index in [1.54, 1.807) is 0 Å². The quantitative estimate of drug-likeness (QED) is 0.770. The molecule has 1 fully saturated rings. The first-order valence-electron chi connectivity index (χ1n) is 6.53. The van der Waals surface area contributed by atoms with Crippen LogP contribution in [0.15, 0.2) is 0 Å². The fraction of sp³-hybridized carbons (Fsp3) is 1.00. The molecule has 0 saturated carbocycles. The summed E-state index contributed by atoms with van der Waals surface area (Å²) in [7, 11) is 0. The zero-order chi connectivity index (χ0) is 11.3. The van der Waals surface area contributed by atoms with Gasteiger partial charge in [-0.1, -0.05) is 27.7 Å². The minimum Gasteiger partial charge on any atom is -0.313 e. The second-order valence-electron chi connectivity index (χ2n) is 5.67. The maximum absolute atomic E-state index is 3.62. The average Bonchev–Trinajstić information content (AvgIpc) is 2.42. The van der Waals surface area contributed by atoms with Gasteiger partial charge in [-0.05, 0) is 37.8 Å². The van der Waals surface area contributed by atoms with Crippen LogP contribution in [0.5, 0.6) is 0 Å². The van der Waals surface area contributed by atoms with E-state index in [0.29, 0.717) is 11.5 Å². The van der Waals surface area contributed by atoms with Gasteiger partial charge in [0.2, 0.25) is 0 Å². The van der Waals surface area contributed by atoms with Crippen molar-refractivity contribution in [1.82, 2.24) is 10.2 Å². The van der Waals surface area contributed by atoms with E-state index in [9.17, 15) is 0 Å². The molecule has 1 rings (SSSR count). The fourth-order valence-corrected chi connectivity index (χ4v) is 2.21. The van der Waals surface area contributed by atoms with Gasteiger partial charge in [0.05, 0.1) is 0 Å². The molecule has 1 aliphatic rings. The van der Waals surface area contributed by atoms with Crippen LogP contribution in [-0.4, -0.2) is 37.1 Å². The zero-order valence-corrected chi connectivity index (χ0v) is 11.0. The molecule has 0 radical (unpaired) electrons. The van der Waals surface area contributed by atoms with Crippen LogP contribution in [0.4, 0.5) is 0 Å². The summed E-state index contributed by atoms with van der Waals surface area (Å²) in [5.41, 5.74) is 0.475. The Kier molecular flexibility index (Phi) is 5.07. The van der Waals surface area contributed by atoms with Crippen LogP contribution in [0.1, 0.15) is 47.0 Å². The van der Waals surface area contributed by atoms with Gasteiger partial charge in [0.15, 0.2) is 0 Å². The molecule has 0 amide bonds. The maximum atomic E-state index is 3.62. The molecule has 0 aromatic rings. The highest BCUT2D eigenvalue weighted by Gasteiger charge is 2.22. The normalized spacial score (nSPS) is 25.2. The second kappa shape index (κ2) is 5.86. The van der Waals surface area contributed by atoms with Crippen molar-refractivity contribution in [1.29, 1.82) is 0 Å². The number of hydrogen-bond acceptors (Lipinski definition) is 2. The van der Waals surface area contributed by atoms with Gasteiger partial charge in [-0.25, -0.2) is 0 Å². The van der Waals surface area contributed by atoms with Gasteiger partial charge in [-0.3, -0.25) is 0 Å². The Balaban J connectivity index is 2.45. The highest BCUT2D eigenvalue weighted by molar-refractivity contribution is 4.79. The topological polar surface area (TPSA) is 15.3 Å². The van der Waals surface area contributed by atoms with Crippen LogP contribution < -0.4 is 5.32 Å². The van der Waals surface area contributed by atoms with Crippen molar-refractivity contribution in [2.75, 3.05) is 26.2 Å². The lowest BCUT2D eigenvalue weighted by molar-refractivity contribution is 0.170. The summed E-state index contributed by atoms with van der Waals surface area (Å²) in [6.07, 6.45) is 3.83. The molecular formula is C13H28N2. The third kappa shape index (κ3) is 4.52. The van der Waals surface area contributed by atoms with Crippen LogP contribution in [0, 0.1) is 5.41 Å². The Morgan fingerprint density at radius 3 is 2.67 bits per heavy atom. The molecule has 0 aromatic heterocycles. The molecule has 0 bridgehead atoms. The summed E-state index contributed by atoms with van der Waals surface area (Å²) in [4.78, 5) is 2.65. The number of hydrogen-bond donors (Lipinski definition) is 1. The predicted octanol–water partition coefficient (Wildman–Crippen LogP) is 2.50. The number of nitrogens with one attached hydrogen (secondary N) is 1. The Morgan fingerprint density at radius 2 is 2.07 bits per heavy atom. The summed E-state index contributed by atoms with van der Waals surface area (Å²) in [5.74, 6) is 0. The molecule has 1 unspecified atom stereocenters. The highest BCUT2D eigenvalue weighted by atomic mass is 15.2. The van der Waals surface area contributed by atoms with Crippen LogP contribution in [0.25, 0.3) is 0 Å². The molecule has 1 saturated heterocycles. The number of nitrogens with zero attached hydrogens (tertiary/aromatic N) is 1. The van der Waals surface area contributed by atoms with Gasteiger partial charge in [0.1, 0.15) is 0 Å². The minimum atomic E-state index is 0.475. The van der Waals surface area contributed by atoms with Crippen molar-refractivity contribution < 1.29 is 0 Å². The maximum Gasteiger partial charge on any atom is 0.0192 e. The SMILES string of the molecule is CCC1CN(CC(C)(C)CC)CCCN1. The molecule has 2 nitrogen and oxygen atoms in total. The van der Waals surface area contributed by atoms with Crippen molar-refractivity contribution in [3.8, 4) is 0 Å². The summed E-state index contributed by atoms with van der Waals surface area (Å²) in [6, 6.07) is 0.708. The Hall–Kier alpha value is -0.0800. The molecule has 1 aliphatic heterocycles. The largest absolute Gasteiger partial charge is 0.313 e. The van der Waals surface area contributed by atoms with Crippen molar-refractivity contribution in [3.05, 3.63) is 0 Å². The third-order valence-corrected chi connectivity index (χ3v) is 3.66. The van der Waals surface area contributed by atoms with E-state index < -0.39 is 0 Å². The lowest BCUT2D eigenvalue weighted by Gasteiger charge is -2.32. The van der Waals surface area contributed by atoms with E-state index in [0.717, 1.165) is 0 Å². The molecule has 0 aliphatic carbocycles. The number of rotatable bonds is 4. The van der Waals surface area contributed by atoms with Crippen LogP contribution in [0.2, 0.25) is 0 Å². The molecule has 2 heteroatoms. The van der Waals surface area contributed by atoms with E-state index >= 15 is 0 Å². The second-order valence-corrected chi connectivity index (χ2v) is 5.67. The predicted molar refractivity (Wildman–Crippen MR) is 67.2 cm³/mol. The van der Waals surface area contributed by atoms with Crippen LogP contribution in [-0.2, 0) is 0 Å². The Bertz CT molecular complexity index is 177. The van der Waals surface area contributed by atoms with Gasteiger partial charge in [-0.15, -0.1) is 0 Å². The Labute approximate surface area is 95.4 Å². The average molecular weight is 212 g/mol. The van der Waals surface area contributed by atoms with Crippen molar-refractivity contribution in [2.45, 2.75) is 53.0 Å². The lowest BCUT2D eigenvalue weighted by Crippen LogP contribution is -2.41. The van der Waals surface area contributed by atoms with E-state index in [-0.39, 0.29) is 0 Å².